The van der Waals surface area contributed by atoms with Crippen LogP contribution in [0.1, 0.15) is 19.1 Å². The normalized spacial score (nSPS) is 23.1. The molecule has 7 heteroatoms. The van der Waals surface area contributed by atoms with E-state index in [2.05, 4.69) is 9.98 Å². The summed E-state index contributed by atoms with van der Waals surface area (Å²) in [7, 11) is 3.68. The van der Waals surface area contributed by atoms with E-state index in [0.717, 1.165) is 6.42 Å². The summed E-state index contributed by atoms with van der Waals surface area (Å²) in [6.45, 7) is -0.0239. The van der Waals surface area contributed by atoms with E-state index < -0.39 is 5.69 Å². The van der Waals surface area contributed by atoms with E-state index in [1.54, 1.807) is 23.5 Å². The topological polar surface area (TPSA) is 80.0 Å². The number of nitrogens with zero attached hydrogens (tertiary/aromatic N) is 4. The van der Waals surface area contributed by atoms with Gasteiger partial charge in [0.15, 0.2) is 5.82 Å². The van der Waals surface area contributed by atoms with Crippen molar-refractivity contribution >= 4 is 12.2 Å². The lowest BCUT2D eigenvalue weighted by Crippen LogP contribution is -2.27. The van der Waals surface area contributed by atoms with Crippen molar-refractivity contribution in [3.63, 3.8) is 0 Å². The minimum atomic E-state index is -0.392. The first-order chi connectivity index (χ1) is 9.10. The number of aliphatic hydroxyl groups excluding tert-OH is 1. The van der Waals surface area contributed by atoms with Gasteiger partial charge in [0.1, 0.15) is 6.23 Å². The molecule has 1 fully saturated rings. The summed E-state index contributed by atoms with van der Waals surface area (Å²) in [6.07, 6.45) is 4.12. The zero-order valence-corrected chi connectivity index (χ0v) is 11.1. The van der Waals surface area contributed by atoms with E-state index in [1.807, 2.05) is 14.1 Å². The van der Waals surface area contributed by atoms with E-state index in [1.165, 1.54) is 4.57 Å². The second-order valence-electron chi connectivity index (χ2n) is 4.66. The number of hydrogen-bond donors (Lipinski definition) is 1. The molecule has 104 valence electrons. The summed E-state index contributed by atoms with van der Waals surface area (Å²) in [5.41, 5.74) is -0.392. The molecule has 7 nitrogen and oxygen atoms in total. The average molecular weight is 266 g/mol. The van der Waals surface area contributed by atoms with Crippen LogP contribution in [-0.4, -0.2) is 52.7 Å². The zero-order chi connectivity index (χ0) is 13.8. The number of aliphatic imine (C=N–C) groups is 1. The van der Waals surface area contributed by atoms with E-state index in [0.29, 0.717) is 12.2 Å². The first-order valence-corrected chi connectivity index (χ1v) is 6.16. The van der Waals surface area contributed by atoms with Crippen LogP contribution in [0.15, 0.2) is 22.1 Å². The number of aliphatic hydroxyl groups is 1. The minimum Gasteiger partial charge on any atom is -0.394 e. The van der Waals surface area contributed by atoms with Crippen molar-refractivity contribution in [2.75, 3.05) is 20.7 Å². The third kappa shape index (κ3) is 3.39. The molecule has 1 N–H and O–H groups in total. The van der Waals surface area contributed by atoms with Crippen LogP contribution in [0.4, 0.5) is 5.82 Å². The number of rotatable bonds is 4. The Kier molecular flexibility index (Phi) is 4.28. The van der Waals surface area contributed by atoms with Crippen molar-refractivity contribution in [3.8, 4) is 0 Å². The summed E-state index contributed by atoms with van der Waals surface area (Å²) < 4.78 is 6.98. The van der Waals surface area contributed by atoms with Crippen LogP contribution in [0.25, 0.3) is 0 Å². The van der Waals surface area contributed by atoms with Gasteiger partial charge in [-0.3, -0.25) is 4.57 Å². The Balaban J connectivity index is 2.14. The van der Waals surface area contributed by atoms with Crippen molar-refractivity contribution in [1.29, 1.82) is 0 Å². The molecule has 0 spiro atoms. The van der Waals surface area contributed by atoms with Crippen LogP contribution in [0.3, 0.4) is 0 Å². The third-order valence-corrected chi connectivity index (χ3v) is 2.84. The highest BCUT2D eigenvalue weighted by atomic mass is 16.5. The molecule has 0 amide bonds. The van der Waals surface area contributed by atoms with Crippen LogP contribution >= 0.6 is 0 Å². The summed E-state index contributed by atoms with van der Waals surface area (Å²) >= 11 is 0. The second-order valence-corrected chi connectivity index (χ2v) is 4.66. The largest absolute Gasteiger partial charge is 0.394 e. The fraction of sp³-hybridized carbons (Fsp3) is 0.583. The van der Waals surface area contributed by atoms with Crippen molar-refractivity contribution < 1.29 is 9.84 Å². The summed E-state index contributed by atoms with van der Waals surface area (Å²) in [5.74, 6) is 0.367. The van der Waals surface area contributed by atoms with Crippen LogP contribution in [0.5, 0.6) is 0 Å². The highest BCUT2D eigenvalue weighted by Gasteiger charge is 2.26. The molecule has 0 radical (unpaired) electrons. The van der Waals surface area contributed by atoms with Gasteiger partial charge in [0.2, 0.25) is 0 Å². The minimum absolute atomic E-state index is 0.0239. The lowest BCUT2D eigenvalue weighted by Gasteiger charge is -2.14. The predicted molar refractivity (Wildman–Crippen MR) is 70.6 cm³/mol. The van der Waals surface area contributed by atoms with Gasteiger partial charge in [-0.2, -0.15) is 4.98 Å². The maximum atomic E-state index is 11.9. The molecule has 0 aromatic carbocycles. The maximum Gasteiger partial charge on any atom is 0.351 e. The van der Waals surface area contributed by atoms with Crippen LogP contribution in [-0.2, 0) is 4.74 Å². The monoisotopic (exact) mass is 266 g/mol. The van der Waals surface area contributed by atoms with E-state index >= 15 is 0 Å². The average Bonchev–Trinajstić information content (AvgIpc) is 2.85. The number of aromatic nitrogens is 2. The molecule has 0 saturated carbocycles. The van der Waals surface area contributed by atoms with E-state index in [4.69, 9.17) is 9.84 Å². The third-order valence-electron chi connectivity index (χ3n) is 2.84. The quantitative estimate of drug-likeness (QED) is 0.619. The van der Waals surface area contributed by atoms with Crippen LogP contribution < -0.4 is 5.69 Å². The van der Waals surface area contributed by atoms with Gasteiger partial charge in [0, 0.05) is 20.3 Å². The molecule has 19 heavy (non-hydrogen) atoms. The standard InChI is InChI=1S/C12H18N4O3/c1-15(2)8-13-10-5-6-16(12(18)14-10)11-4-3-9(7-17)19-11/h5-6,8-9,11,17H,3-4,7H2,1-2H3/t9-,11+/m0/s1. The molecule has 2 atom stereocenters. The van der Waals surface area contributed by atoms with Crippen molar-refractivity contribution in [2.45, 2.75) is 25.2 Å². The van der Waals surface area contributed by atoms with E-state index in [9.17, 15) is 4.79 Å². The molecule has 1 aliphatic heterocycles. The first kappa shape index (κ1) is 13.7. The summed E-state index contributed by atoms with van der Waals surface area (Å²) in [6, 6.07) is 1.66. The number of ether oxygens (including phenoxy) is 1. The van der Waals surface area contributed by atoms with Crippen molar-refractivity contribution in [2.24, 2.45) is 4.99 Å². The van der Waals surface area contributed by atoms with Gasteiger partial charge in [-0.05, 0) is 18.9 Å². The Morgan fingerprint density at radius 2 is 2.42 bits per heavy atom. The zero-order valence-electron chi connectivity index (χ0n) is 11.1. The highest BCUT2D eigenvalue weighted by Crippen LogP contribution is 2.26. The van der Waals surface area contributed by atoms with Crippen LogP contribution in [0.2, 0.25) is 0 Å². The molecule has 1 aromatic heterocycles. The highest BCUT2D eigenvalue weighted by molar-refractivity contribution is 5.58. The molecule has 0 unspecified atom stereocenters. The molecular weight excluding hydrogens is 248 g/mol. The fourth-order valence-electron chi connectivity index (χ4n) is 1.90. The van der Waals surface area contributed by atoms with E-state index in [-0.39, 0.29) is 18.9 Å². The Morgan fingerprint density at radius 1 is 1.63 bits per heavy atom. The van der Waals surface area contributed by atoms with Gasteiger partial charge >= 0.3 is 5.69 Å². The molecule has 1 aromatic rings. The smallest absolute Gasteiger partial charge is 0.351 e. The summed E-state index contributed by atoms with van der Waals surface area (Å²) in [5, 5.41) is 9.01. The first-order valence-electron chi connectivity index (χ1n) is 6.16. The molecule has 1 saturated heterocycles. The van der Waals surface area contributed by atoms with Gasteiger partial charge in [-0.15, -0.1) is 0 Å². The van der Waals surface area contributed by atoms with Gasteiger partial charge in [-0.25, -0.2) is 9.79 Å². The molecule has 0 aliphatic carbocycles. The predicted octanol–water partition coefficient (Wildman–Crippen LogP) is 0.135. The molecule has 1 aliphatic rings. The van der Waals surface area contributed by atoms with Gasteiger partial charge in [-0.1, -0.05) is 0 Å². The van der Waals surface area contributed by atoms with Gasteiger partial charge in [0.05, 0.1) is 19.0 Å². The number of hydrogen-bond acceptors (Lipinski definition) is 5. The lowest BCUT2D eigenvalue weighted by atomic mass is 10.2. The Labute approximate surface area is 111 Å². The Morgan fingerprint density at radius 3 is 3.00 bits per heavy atom. The fourth-order valence-corrected chi connectivity index (χ4v) is 1.90. The van der Waals surface area contributed by atoms with Gasteiger partial charge < -0.3 is 14.7 Å². The van der Waals surface area contributed by atoms with Gasteiger partial charge in [0.25, 0.3) is 0 Å². The maximum absolute atomic E-state index is 11.9. The van der Waals surface area contributed by atoms with Crippen molar-refractivity contribution in [3.05, 3.63) is 22.7 Å². The lowest BCUT2D eigenvalue weighted by molar-refractivity contribution is -0.0245. The SMILES string of the molecule is CN(C)C=Nc1ccn([C@H]2CC[C@@H](CO)O2)c(=O)n1. The molecule has 2 heterocycles. The Bertz CT molecular complexity index is 512. The molecule has 2 rings (SSSR count). The second kappa shape index (κ2) is 5.94. The van der Waals surface area contributed by atoms with Crippen molar-refractivity contribution in [1.82, 2.24) is 14.5 Å². The Hall–Kier alpha value is -1.73. The molecule has 0 bridgehead atoms. The molecular formula is C12H18N4O3. The summed E-state index contributed by atoms with van der Waals surface area (Å²) in [4.78, 5) is 21.6. The van der Waals surface area contributed by atoms with Crippen LogP contribution in [0, 0.1) is 0 Å².